The van der Waals surface area contributed by atoms with E-state index in [9.17, 15) is 4.91 Å². The van der Waals surface area contributed by atoms with Gasteiger partial charge >= 0.3 is 0 Å². The smallest absolute Gasteiger partial charge is 0.221 e. The van der Waals surface area contributed by atoms with Gasteiger partial charge in [0.1, 0.15) is 11.5 Å². The summed E-state index contributed by atoms with van der Waals surface area (Å²) < 4.78 is 0. The lowest BCUT2D eigenvalue weighted by atomic mass is 10.3. The summed E-state index contributed by atoms with van der Waals surface area (Å²) in [6.45, 7) is 0. The fourth-order valence-corrected chi connectivity index (χ4v) is 1.20. The van der Waals surface area contributed by atoms with E-state index >= 15 is 0 Å². The number of nitrogens with zero attached hydrogens (tertiary/aromatic N) is 3. The number of benzene rings is 1. The van der Waals surface area contributed by atoms with Gasteiger partial charge in [-0.15, -0.1) is 4.91 Å². The Morgan fingerprint density at radius 1 is 1.19 bits per heavy atom. The average Bonchev–Trinajstić information content (AvgIpc) is 2.30. The zero-order valence-electron chi connectivity index (χ0n) is 8.29. The minimum atomic E-state index is 0.205. The molecule has 0 bridgehead atoms. The first kappa shape index (κ1) is 10.0. The maximum absolute atomic E-state index is 10.2. The van der Waals surface area contributed by atoms with Crippen molar-refractivity contribution in [3.05, 3.63) is 41.4 Å². The van der Waals surface area contributed by atoms with Gasteiger partial charge < -0.3 is 11.1 Å². The number of hydrogen-bond donors (Lipinski definition) is 2. The molecule has 0 fully saturated rings. The predicted octanol–water partition coefficient (Wildman–Crippen LogP) is 2.20. The van der Waals surface area contributed by atoms with E-state index < -0.39 is 0 Å². The molecule has 0 saturated heterocycles. The molecule has 0 aliphatic heterocycles. The summed E-state index contributed by atoms with van der Waals surface area (Å²) in [5.41, 5.74) is 6.62. The van der Waals surface area contributed by atoms with Crippen LogP contribution in [0.1, 0.15) is 0 Å². The van der Waals surface area contributed by atoms with Gasteiger partial charge in [0.15, 0.2) is 0 Å². The monoisotopic (exact) mass is 215 g/mol. The van der Waals surface area contributed by atoms with Crippen molar-refractivity contribution in [1.82, 2.24) is 9.97 Å². The quantitative estimate of drug-likeness (QED) is 0.765. The van der Waals surface area contributed by atoms with E-state index in [-0.39, 0.29) is 5.95 Å². The predicted molar refractivity (Wildman–Crippen MR) is 61.6 cm³/mol. The van der Waals surface area contributed by atoms with Crippen LogP contribution in [0, 0.1) is 4.91 Å². The van der Waals surface area contributed by atoms with Crippen molar-refractivity contribution in [2.24, 2.45) is 5.18 Å². The molecule has 0 atom stereocenters. The third kappa shape index (κ3) is 2.30. The Balaban J connectivity index is 2.17. The maximum Gasteiger partial charge on any atom is 0.221 e. The van der Waals surface area contributed by atoms with Gasteiger partial charge in [-0.25, -0.2) is 4.98 Å². The SMILES string of the molecule is Nc1nccc(Nc2ccc(N=O)cc2)n1. The highest BCUT2D eigenvalue weighted by Crippen LogP contribution is 2.18. The average molecular weight is 215 g/mol. The standard InChI is InChI=1S/C10H9N5O/c11-10-12-6-5-9(14-10)13-7-1-3-8(15-16)4-2-7/h1-6H,(H3,11,12,13,14). The number of nitrogen functional groups attached to an aromatic ring is 1. The molecular weight excluding hydrogens is 206 g/mol. The van der Waals surface area contributed by atoms with E-state index in [4.69, 9.17) is 5.73 Å². The summed E-state index contributed by atoms with van der Waals surface area (Å²) in [5.74, 6) is 0.801. The molecule has 2 rings (SSSR count). The van der Waals surface area contributed by atoms with E-state index in [0.29, 0.717) is 11.5 Å². The Bertz CT molecular complexity index is 497. The molecule has 0 aliphatic rings. The molecule has 0 radical (unpaired) electrons. The van der Waals surface area contributed by atoms with Crippen molar-refractivity contribution in [3.8, 4) is 0 Å². The number of rotatable bonds is 3. The Hall–Kier alpha value is -2.50. The van der Waals surface area contributed by atoms with Crippen LogP contribution in [0.2, 0.25) is 0 Å². The molecule has 80 valence electrons. The summed E-state index contributed by atoms with van der Waals surface area (Å²) >= 11 is 0. The molecule has 0 saturated carbocycles. The second kappa shape index (κ2) is 4.35. The molecule has 1 heterocycles. The molecule has 0 amide bonds. The lowest BCUT2D eigenvalue weighted by molar-refractivity contribution is 1.18. The van der Waals surface area contributed by atoms with Crippen molar-refractivity contribution >= 4 is 23.1 Å². The van der Waals surface area contributed by atoms with Crippen LogP contribution in [0.3, 0.4) is 0 Å². The summed E-state index contributed by atoms with van der Waals surface area (Å²) in [5, 5.41) is 5.83. The van der Waals surface area contributed by atoms with E-state index in [1.807, 2.05) is 0 Å². The second-order valence-corrected chi connectivity index (χ2v) is 3.06. The minimum Gasteiger partial charge on any atom is -0.368 e. The first-order chi connectivity index (χ1) is 7.78. The molecule has 1 aromatic heterocycles. The molecule has 0 spiro atoms. The fourth-order valence-electron chi connectivity index (χ4n) is 1.20. The number of nitroso groups, excluding NO2 is 1. The Kier molecular flexibility index (Phi) is 2.73. The molecule has 2 aromatic rings. The normalized spacial score (nSPS) is 9.75. The van der Waals surface area contributed by atoms with E-state index in [2.05, 4.69) is 20.5 Å². The van der Waals surface area contributed by atoms with Crippen LogP contribution in [0.25, 0.3) is 0 Å². The molecule has 1 aromatic carbocycles. The molecule has 0 unspecified atom stereocenters. The van der Waals surface area contributed by atoms with Gasteiger partial charge in [0, 0.05) is 11.9 Å². The third-order valence-electron chi connectivity index (χ3n) is 1.92. The molecule has 6 nitrogen and oxygen atoms in total. The van der Waals surface area contributed by atoms with Gasteiger partial charge in [-0.3, -0.25) is 0 Å². The fraction of sp³-hybridized carbons (Fsp3) is 0. The Labute approximate surface area is 91.5 Å². The van der Waals surface area contributed by atoms with Gasteiger partial charge in [-0.05, 0) is 35.5 Å². The van der Waals surface area contributed by atoms with Crippen molar-refractivity contribution in [3.63, 3.8) is 0 Å². The van der Waals surface area contributed by atoms with E-state index in [1.54, 1.807) is 36.5 Å². The van der Waals surface area contributed by atoms with Crippen LogP contribution >= 0.6 is 0 Å². The van der Waals surface area contributed by atoms with Crippen LogP contribution in [0.15, 0.2) is 41.7 Å². The number of aromatic nitrogens is 2. The summed E-state index contributed by atoms with van der Waals surface area (Å²) in [7, 11) is 0. The molecule has 16 heavy (non-hydrogen) atoms. The molecular formula is C10H9N5O. The number of nitrogens with one attached hydrogen (secondary N) is 1. The third-order valence-corrected chi connectivity index (χ3v) is 1.92. The summed E-state index contributed by atoms with van der Waals surface area (Å²) in [6, 6.07) is 8.38. The highest BCUT2D eigenvalue weighted by molar-refractivity contribution is 5.59. The van der Waals surface area contributed by atoms with Gasteiger partial charge in [-0.1, -0.05) is 0 Å². The lowest BCUT2D eigenvalue weighted by Crippen LogP contribution is -1.98. The largest absolute Gasteiger partial charge is 0.368 e. The number of anilines is 3. The Morgan fingerprint density at radius 2 is 1.94 bits per heavy atom. The van der Waals surface area contributed by atoms with Crippen LogP contribution < -0.4 is 11.1 Å². The molecule has 6 heteroatoms. The van der Waals surface area contributed by atoms with Crippen LogP contribution in [0.4, 0.5) is 23.1 Å². The summed E-state index contributed by atoms with van der Waals surface area (Å²) in [6.07, 6.45) is 1.56. The maximum atomic E-state index is 10.2. The zero-order valence-corrected chi connectivity index (χ0v) is 8.29. The first-order valence-electron chi connectivity index (χ1n) is 4.57. The summed E-state index contributed by atoms with van der Waals surface area (Å²) in [4.78, 5) is 18.0. The van der Waals surface area contributed by atoms with Gasteiger partial charge in [0.25, 0.3) is 0 Å². The van der Waals surface area contributed by atoms with Gasteiger partial charge in [0.05, 0.1) is 0 Å². The lowest BCUT2D eigenvalue weighted by Gasteiger charge is -2.04. The first-order valence-corrected chi connectivity index (χ1v) is 4.57. The number of hydrogen-bond acceptors (Lipinski definition) is 6. The van der Waals surface area contributed by atoms with Crippen molar-refractivity contribution in [2.45, 2.75) is 0 Å². The van der Waals surface area contributed by atoms with Crippen LogP contribution in [-0.4, -0.2) is 9.97 Å². The highest BCUT2D eigenvalue weighted by atomic mass is 16.3. The van der Waals surface area contributed by atoms with Gasteiger partial charge in [-0.2, -0.15) is 4.98 Å². The topological polar surface area (TPSA) is 93.3 Å². The number of nitrogens with two attached hydrogens (primary N) is 1. The van der Waals surface area contributed by atoms with Gasteiger partial charge in [0.2, 0.25) is 5.95 Å². The second-order valence-electron chi connectivity index (χ2n) is 3.06. The Morgan fingerprint density at radius 3 is 2.56 bits per heavy atom. The zero-order chi connectivity index (χ0) is 11.4. The van der Waals surface area contributed by atoms with E-state index in [0.717, 1.165) is 5.69 Å². The molecule has 0 aliphatic carbocycles. The molecule has 3 N–H and O–H groups in total. The van der Waals surface area contributed by atoms with Crippen molar-refractivity contribution in [2.75, 3.05) is 11.1 Å². The van der Waals surface area contributed by atoms with Crippen molar-refractivity contribution in [1.29, 1.82) is 0 Å². The minimum absolute atomic E-state index is 0.205. The van der Waals surface area contributed by atoms with E-state index in [1.165, 1.54) is 0 Å². The van der Waals surface area contributed by atoms with Crippen LogP contribution in [0.5, 0.6) is 0 Å². The van der Waals surface area contributed by atoms with Crippen LogP contribution in [-0.2, 0) is 0 Å². The van der Waals surface area contributed by atoms with Crippen molar-refractivity contribution < 1.29 is 0 Å². The highest BCUT2D eigenvalue weighted by Gasteiger charge is 1.97.